The molecule has 0 aromatic heterocycles. The van der Waals surface area contributed by atoms with Gasteiger partial charge < -0.3 is 10.1 Å². The van der Waals surface area contributed by atoms with Crippen LogP contribution in [0.15, 0.2) is 0 Å². The highest BCUT2D eigenvalue weighted by Crippen LogP contribution is 2.08. The van der Waals surface area contributed by atoms with E-state index < -0.39 is 5.60 Å². The van der Waals surface area contributed by atoms with Crippen LogP contribution in [0.3, 0.4) is 0 Å². The summed E-state index contributed by atoms with van der Waals surface area (Å²) >= 11 is 0. The lowest BCUT2D eigenvalue weighted by atomic mass is 10.1. The van der Waals surface area contributed by atoms with Crippen LogP contribution in [0.1, 0.15) is 41.5 Å². The van der Waals surface area contributed by atoms with Gasteiger partial charge in [-0.25, -0.2) is 4.79 Å². The summed E-state index contributed by atoms with van der Waals surface area (Å²) < 4.78 is 5.11. The van der Waals surface area contributed by atoms with Crippen LogP contribution in [0, 0.1) is 5.92 Å². The molecule has 0 heterocycles. The predicted octanol–water partition coefficient (Wildman–Crippen LogP) is 2.56. The van der Waals surface area contributed by atoms with E-state index in [1.165, 1.54) is 0 Å². The third kappa shape index (κ3) is 6.43. The average Bonchev–Trinajstić information content (AvgIpc) is 1.81. The number of hydrogen-bond acceptors (Lipinski definition) is 2. The molecule has 0 fully saturated rings. The molecule has 0 aliphatic carbocycles. The first-order valence-electron chi connectivity index (χ1n) is 4.72. The quantitative estimate of drug-likeness (QED) is 0.721. The Kier molecular flexibility index (Phi) is 4.24. The zero-order chi connectivity index (χ0) is 10.6. The van der Waals surface area contributed by atoms with Crippen molar-refractivity contribution in [3.63, 3.8) is 0 Å². The highest BCUT2D eigenvalue weighted by atomic mass is 16.6. The fraction of sp³-hybridized carbons (Fsp3) is 0.900. The molecule has 0 radical (unpaired) electrons. The normalized spacial score (nSPS) is 14.1. The SMILES string of the molecule is CC(C)[C@H](C)NC(=O)OC(C)(C)C. The molecule has 1 amide bonds. The van der Waals surface area contributed by atoms with Crippen molar-refractivity contribution in [3.8, 4) is 0 Å². The number of hydrogen-bond donors (Lipinski definition) is 1. The second kappa shape index (κ2) is 4.49. The molecule has 0 unspecified atom stereocenters. The maximum Gasteiger partial charge on any atom is 0.407 e. The van der Waals surface area contributed by atoms with Crippen molar-refractivity contribution in [1.82, 2.24) is 5.32 Å². The van der Waals surface area contributed by atoms with Gasteiger partial charge in [-0.05, 0) is 33.6 Å². The van der Waals surface area contributed by atoms with Gasteiger partial charge in [-0.3, -0.25) is 0 Å². The summed E-state index contributed by atoms with van der Waals surface area (Å²) in [7, 11) is 0. The van der Waals surface area contributed by atoms with Gasteiger partial charge in [0.05, 0.1) is 0 Å². The largest absolute Gasteiger partial charge is 0.444 e. The summed E-state index contributed by atoms with van der Waals surface area (Å²) in [5.41, 5.74) is -0.416. The van der Waals surface area contributed by atoms with Gasteiger partial charge in [-0.2, -0.15) is 0 Å². The minimum Gasteiger partial charge on any atom is -0.444 e. The van der Waals surface area contributed by atoms with Gasteiger partial charge in [0.25, 0.3) is 0 Å². The molecule has 0 spiro atoms. The van der Waals surface area contributed by atoms with Crippen molar-refractivity contribution in [2.75, 3.05) is 0 Å². The number of alkyl carbamates (subject to hydrolysis) is 1. The van der Waals surface area contributed by atoms with Crippen molar-refractivity contribution >= 4 is 6.09 Å². The number of ether oxygens (including phenoxy) is 1. The maximum atomic E-state index is 11.2. The first-order chi connectivity index (χ1) is 5.72. The molecule has 0 aromatic carbocycles. The Hall–Kier alpha value is -0.730. The van der Waals surface area contributed by atoms with Crippen molar-refractivity contribution in [3.05, 3.63) is 0 Å². The number of rotatable bonds is 2. The summed E-state index contributed by atoms with van der Waals surface area (Å²) in [6, 6.07) is 0.148. The average molecular weight is 187 g/mol. The molecule has 3 nitrogen and oxygen atoms in total. The van der Waals surface area contributed by atoms with Crippen LogP contribution in [0.2, 0.25) is 0 Å². The Morgan fingerprint density at radius 2 is 1.69 bits per heavy atom. The smallest absolute Gasteiger partial charge is 0.407 e. The third-order valence-corrected chi connectivity index (χ3v) is 1.74. The molecule has 0 aliphatic rings. The molecular weight excluding hydrogens is 166 g/mol. The molecule has 0 aromatic rings. The van der Waals surface area contributed by atoms with Gasteiger partial charge in [0.2, 0.25) is 0 Å². The number of amides is 1. The van der Waals surface area contributed by atoms with Crippen LogP contribution in [0.25, 0.3) is 0 Å². The van der Waals surface area contributed by atoms with Gasteiger partial charge in [0, 0.05) is 6.04 Å². The summed E-state index contributed by atoms with van der Waals surface area (Å²) in [4.78, 5) is 11.2. The predicted molar refractivity (Wildman–Crippen MR) is 53.7 cm³/mol. The highest BCUT2D eigenvalue weighted by molar-refractivity contribution is 5.68. The number of carbonyl (C=O) groups is 1. The van der Waals surface area contributed by atoms with E-state index in [0.717, 1.165) is 0 Å². The molecule has 0 saturated heterocycles. The summed E-state index contributed by atoms with van der Waals surface area (Å²) in [5.74, 6) is 0.424. The van der Waals surface area contributed by atoms with Crippen LogP contribution >= 0.6 is 0 Å². The minimum atomic E-state index is -0.416. The van der Waals surface area contributed by atoms with E-state index in [1.807, 2.05) is 27.7 Å². The minimum absolute atomic E-state index is 0.148. The van der Waals surface area contributed by atoms with E-state index in [-0.39, 0.29) is 12.1 Å². The Balaban J connectivity index is 3.89. The van der Waals surface area contributed by atoms with E-state index in [9.17, 15) is 4.79 Å². The zero-order valence-electron chi connectivity index (χ0n) is 9.47. The lowest BCUT2D eigenvalue weighted by Gasteiger charge is -2.23. The van der Waals surface area contributed by atoms with Crippen molar-refractivity contribution in [1.29, 1.82) is 0 Å². The molecule has 3 heteroatoms. The van der Waals surface area contributed by atoms with Crippen molar-refractivity contribution < 1.29 is 9.53 Å². The molecule has 0 rings (SSSR count). The second-order valence-electron chi connectivity index (χ2n) is 4.68. The Morgan fingerprint density at radius 1 is 1.23 bits per heavy atom. The van der Waals surface area contributed by atoms with E-state index in [2.05, 4.69) is 19.2 Å². The molecule has 1 N–H and O–H groups in total. The third-order valence-electron chi connectivity index (χ3n) is 1.74. The fourth-order valence-corrected chi connectivity index (χ4v) is 0.660. The zero-order valence-corrected chi connectivity index (χ0v) is 9.47. The highest BCUT2D eigenvalue weighted by Gasteiger charge is 2.18. The second-order valence-corrected chi connectivity index (χ2v) is 4.68. The van der Waals surface area contributed by atoms with Gasteiger partial charge in [0.1, 0.15) is 5.60 Å². The topological polar surface area (TPSA) is 38.3 Å². The lowest BCUT2D eigenvalue weighted by Crippen LogP contribution is -2.39. The molecule has 13 heavy (non-hydrogen) atoms. The van der Waals surface area contributed by atoms with Gasteiger partial charge in [0.15, 0.2) is 0 Å². The fourth-order valence-electron chi connectivity index (χ4n) is 0.660. The number of nitrogens with one attached hydrogen (secondary N) is 1. The maximum absolute atomic E-state index is 11.2. The van der Waals surface area contributed by atoms with Crippen molar-refractivity contribution in [2.45, 2.75) is 53.2 Å². The first kappa shape index (κ1) is 12.3. The van der Waals surface area contributed by atoms with Gasteiger partial charge in [-0.1, -0.05) is 13.8 Å². The van der Waals surface area contributed by atoms with Crippen LogP contribution in [0.5, 0.6) is 0 Å². The van der Waals surface area contributed by atoms with E-state index in [1.54, 1.807) is 0 Å². The monoisotopic (exact) mass is 187 g/mol. The molecule has 0 saturated carbocycles. The summed E-state index contributed by atoms with van der Waals surface area (Å²) in [5, 5.41) is 2.77. The first-order valence-corrected chi connectivity index (χ1v) is 4.72. The Bertz CT molecular complexity index is 170. The van der Waals surface area contributed by atoms with Gasteiger partial charge in [-0.15, -0.1) is 0 Å². The van der Waals surface area contributed by atoms with E-state index in [0.29, 0.717) is 5.92 Å². The molecular formula is C10H21NO2. The number of carbonyl (C=O) groups excluding carboxylic acids is 1. The summed E-state index contributed by atoms with van der Waals surface area (Å²) in [6.45, 7) is 11.6. The molecule has 0 aliphatic heterocycles. The molecule has 0 bridgehead atoms. The van der Waals surface area contributed by atoms with E-state index in [4.69, 9.17) is 4.74 Å². The van der Waals surface area contributed by atoms with Crippen molar-refractivity contribution in [2.24, 2.45) is 5.92 Å². The van der Waals surface area contributed by atoms with Crippen LogP contribution < -0.4 is 5.32 Å². The van der Waals surface area contributed by atoms with Crippen LogP contribution in [0.4, 0.5) is 4.79 Å². The molecule has 78 valence electrons. The van der Waals surface area contributed by atoms with E-state index >= 15 is 0 Å². The van der Waals surface area contributed by atoms with Gasteiger partial charge >= 0.3 is 6.09 Å². The lowest BCUT2D eigenvalue weighted by molar-refractivity contribution is 0.0496. The standard InChI is InChI=1S/C10H21NO2/c1-7(2)8(3)11-9(12)13-10(4,5)6/h7-8H,1-6H3,(H,11,12)/t8-/m0/s1. The van der Waals surface area contributed by atoms with Crippen LogP contribution in [-0.4, -0.2) is 17.7 Å². The summed E-state index contributed by atoms with van der Waals surface area (Å²) in [6.07, 6.45) is -0.339. The Labute approximate surface area is 80.8 Å². The van der Waals surface area contributed by atoms with Crippen LogP contribution in [-0.2, 0) is 4.74 Å². The Morgan fingerprint density at radius 3 is 2.00 bits per heavy atom. The molecule has 1 atom stereocenters.